The van der Waals surface area contributed by atoms with Crippen LogP contribution in [0.25, 0.3) is 0 Å². The van der Waals surface area contributed by atoms with E-state index in [1.165, 1.54) is 19.3 Å². The molecule has 20 heavy (non-hydrogen) atoms. The number of aryl methyl sites for hydroxylation is 1. The summed E-state index contributed by atoms with van der Waals surface area (Å²) in [6.07, 6.45) is 4.72. The summed E-state index contributed by atoms with van der Waals surface area (Å²) < 4.78 is 0.899. The quantitative estimate of drug-likeness (QED) is 0.745. The van der Waals surface area contributed by atoms with Crippen LogP contribution >= 0.6 is 15.9 Å². The maximum Gasteiger partial charge on any atom is 0.133 e. The first-order valence-electron chi connectivity index (χ1n) is 7.68. The minimum atomic E-state index is 0.414. The third-order valence-electron chi connectivity index (χ3n) is 4.32. The average Bonchev–Trinajstić information content (AvgIpc) is 2.63. The van der Waals surface area contributed by atoms with Crippen LogP contribution in [0.3, 0.4) is 0 Å². The van der Waals surface area contributed by atoms with Gasteiger partial charge in [0.05, 0.1) is 0 Å². The number of aromatic nitrogens is 2. The molecule has 0 N–H and O–H groups in total. The Morgan fingerprint density at radius 3 is 2.65 bits per heavy atom. The smallest absolute Gasteiger partial charge is 0.133 e. The van der Waals surface area contributed by atoms with Crippen LogP contribution in [0.15, 0.2) is 10.7 Å². The third kappa shape index (κ3) is 3.94. The van der Waals surface area contributed by atoms with Crippen LogP contribution in [-0.2, 0) is 6.42 Å². The first-order valence-corrected chi connectivity index (χ1v) is 8.48. The summed E-state index contributed by atoms with van der Waals surface area (Å²) in [6, 6.07) is 2.05. The van der Waals surface area contributed by atoms with E-state index < -0.39 is 0 Å². The highest BCUT2D eigenvalue weighted by molar-refractivity contribution is 9.10. The maximum atomic E-state index is 4.69. The molecular weight excluding hydrogens is 314 g/mol. The number of rotatable bonds is 2. The number of nitrogens with zero attached hydrogens (tertiary/aromatic N) is 3. The average molecular weight is 340 g/mol. The van der Waals surface area contributed by atoms with Crippen LogP contribution in [0, 0.1) is 11.3 Å². The predicted molar refractivity (Wildman–Crippen MR) is 88.1 cm³/mol. The van der Waals surface area contributed by atoms with E-state index >= 15 is 0 Å². The normalized spacial score (nSPS) is 20.9. The summed E-state index contributed by atoms with van der Waals surface area (Å²) in [5, 5.41) is 0. The minimum absolute atomic E-state index is 0.414. The van der Waals surface area contributed by atoms with E-state index in [2.05, 4.69) is 64.6 Å². The van der Waals surface area contributed by atoms with Crippen molar-refractivity contribution in [2.24, 2.45) is 11.3 Å². The van der Waals surface area contributed by atoms with Crippen molar-refractivity contribution in [3.63, 3.8) is 0 Å². The zero-order chi connectivity index (χ0) is 14.8. The van der Waals surface area contributed by atoms with Crippen LogP contribution < -0.4 is 4.90 Å². The lowest BCUT2D eigenvalue weighted by Crippen LogP contribution is -2.27. The fourth-order valence-corrected chi connectivity index (χ4v) is 3.37. The van der Waals surface area contributed by atoms with Gasteiger partial charge in [-0.3, -0.25) is 0 Å². The number of halogens is 1. The van der Waals surface area contributed by atoms with Crippen molar-refractivity contribution in [2.45, 2.75) is 53.4 Å². The second kappa shape index (κ2) is 6.42. The molecule has 0 bridgehead atoms. The van der Waals surface area contributed by atoms with Gasteiger partial charge in [0, 0.05) is 25.6 Å². The first kappa shape index (κ1) is 15.7. The van der Waals surface area contributed by atoms with Crippen LogP contribution in [-0.4, -0.2) is 23.1 Å². The molecule has 0 spiro atoms. The molecule has 2 rings (SSSR count). The van der Waals surface area contributed by atoms with E-state index in [0.717, 1.165) is 41.7 Å². The molecule has 112 valence electrons. The van der Waals surface area contributed by atoms with Gasteiger partial charge in [-0.1, -0.05) is 27.7 Å². The molecule has 1 fully saturated rings. The zero-order valence-corrected chi connectivity index (χ0v) is 14.7. The lowest BCUT2D eigenvalue weighted by molar-refractivity contribution is 0.220. The third-order valence-corrected chi connectivity index (χ3v) is 4.73. The van der Waals surface area contributed by atoms with E-state index in [-0.39, 0.29) is 0 Å². The summed E-state index contributed by atoms with van der Waals surface area (Å²) in [6.45, 7) is 11.4. The van der Waals surface area contributed by atoms with Crippen molar-refractivity contribution in [3.8, 4) is 0 Å². The monoisotopic (exact) mass is 339 g/mol. The molecule has 0 aliphatic carbocycles. The van der Waals surface area contributed by atoms with Crippen molar-refractivity contribution in [1.82, 2.24) is 9.97 Å². The molecular formula is C16H26BrN3. The summed E-state index contributed by atoms with van der Waals surface area (Å²) >= 11 is 3.51. The molecule has 1 aliphatic heterocycles. The Morgan fingerprint density at radius 1 is 1.25 bits per heavy atom. The largest absolute Gasteiger partial charge is 0.356 e. The van der Waals surface area contributed by atoms with E-state index in [0.29, 0.717) is 5.41 Å². The van der Waals surface area contributed by atoms with Gasteiger partial charge in [-0.2, -0.15) is 0 Å². The molecule has 0 saturated carbocycles. The molecule has 1 aromatic rings. The van der Waals surface area contributed by atoms with E-state index in [4.69, 9.17) is 0 Å². The summed E-state index contributed by atoms with van der Waals surface area (Å²) in [4.78, 5) is 11.5. The highest BCUT2D eigenvalue weighted by Gasteiger charge is 2.27. The van der Waals surface area contributed by atoms with Gasteiger partial charge < -0.3 is 4.90 Å². The van der Waals surface area contributed by atoms with Gasteiger partial charge in [-0.15, -0.1) is 0 Å². The van der Waals surface area contributed by atoms with Crippen LogP contribution in [0.2, 0.25) is 0 Å². The van der Waals surface area contributed by atoms with Gasteiger partial charge in [0.1, 0.15) is 16.2 Å². The summed E-state index contributed by atoms with van der Waals surface area (Å²) in [5.74, 6) is 2.81. The lowest BCUT2D eigenvalue weighted by atomic mass is 9.77. The SMILES string of the molecule is CCc1nc(Br)cc(N2CCCC(C(C)(C)C)CC2)n1. The molecule has 3 nitrogen and oxygen atoms in total. The van der Waals surface area contributed by atoms with Crippen molar-refractivity contribution >= 4 is 21.7 Å². The molecule has 0 aromatic carbocycles. The Hall–Kier alpha value is -0.640. The highest BCUT2D eigenvalue weighted by atomic mass is 79.9. The Bertz CT molecular complexity index is 454. The van der Waals surface area contributed by atoms with E-state index in [1.807, 2.05) is 0 Å². The minimum Gasteiger partial charge on any atom is -0.356 e. The summed E-state index contributed by atoms with van der Waals surface area (Å²) in [5.41, 5.74) is 0.414. The van der Waals surface area contributed by atoms with Crippen molar-refractivity contribution < 1.29 is 0 Å². The predicted octanol–water partition coefficient (Wildman–Crippen LogP) is 4.45. The van der Waals surface area contributed by atoms with Gasteiger partial charge in [-0.05, 0) is 46.5 Å². The Labute approximate surface area is 131 Å². The number of anilines is 1. The number of hydrogen-bond acceptors (Lipinski definition) is 3. The Morgan fingerprint density at radius 2 is 2.00 bits per heavy atom. The maximum absolute atomic E-state index is 4.69. The molecule has 1 atom stereocenters. The lowest BCUT2D eigenvalue weighted by Gasteiger charge is -2.30. The standard InChI is InChI=1S/C16H26BrN3/c1-5-14-18-13(17)11-15(19-14)20-9-6-7-12(8-10-20)16(2,3)4/h11-12H,5-10H2,1-4H3. The molecule has 1 unspecified atom stereocenters. The molecule has 0 radical (unpaired) electrons. The molecule has 2 heterocycles. The second-order valence-electron chi connectivity index (χ2n) is 6.80. The second-order valence-corrected chi connectivity index (χ2v) is 7.61. The van der Waals surface area contributed by atoms with Crippen LogP contribution in [0.4, 0.5) is 5.82 Å². The molecule has 0 amide bonds. The van der Waals surface area contributed by atoms with E-state index in [1.54, 1.807) is 0 Å². The van der Waals surface area contributed by atoms with Crippen LogP contribution in [0.5, 0.6) is 0 Å². The Kier molecular flexibility index (Phi) is 5.05. The molecule has 4 heteroatoms. The fraction of sp³-hybridized carbons (Fsp3) is 0.750. The van der Waals surface area contributed by atoms with Gasteiger partial charge in [0.15, 0.2) is 0 Å². The summed E-state index contributed by atoms with van der Waals surface area (Å²) in [7, 11) is 0. The van der Waals surface area contributed by atoms with E-state index in [9.17, 15) is 0 Å². The van der Waals surface area contributed by atoms with Gasteiger partial charge in [-0.25, -0.2) is 9.97 Å². The zero-order valence-electron chi connectivity index (χ0n) is 13.1. The van der Waals surface area contributed by atoms with Gasteiger partial charge in [0.2, 0.25) is 0 Å². The Balaban J connectivity index is 2.12. The molecule has 1 saturated heterocycles. The fourth-order valence-electron chi connectivity index (χ4n) is 2.96. The first-order chi connectivity index (χ1) is 9.40. The van der Waals surface area contributed by atoms with Crippen LogP contribution in [0.1, 0.15) is 52.8 Å². The highest BCUT2D eigenvalue weighted by Crippen LogP contribution is 2.35. The molecule has 1 aliphatic rings. The van der Waals surface area contributed by atoms with Crippen molar-refractivity contribution in [1.29, 1.82) is 0 Å². The number of hydrogen-bond donors (Lipinski definition) is 0. The van der Waals surface area contributed by atoms with Crippen molar-refractivity contribution in [3.05, 3.63) is 16.5 Å². The topological polar surface area (TPSA) is 29.0 Å². The van der Waals surface area contributed by atoms with Crippen molar-refractivity contribution in [2.75, 3.05) is 18.0 Å². The van der Waals surface area contributed by atoms with Gasteiger partial charge >= 0.3 is 0 Å². The van der Waals surface area contributed by atoms with Gasteiger partial charge in [0.25, 0.3) is 0 Å². The molecule has 1 aromatic heterocycles.